The molecule has 2 N–H and O–H groups in total. The monoisotopic (exact) mass is 434 g/mol. The number of halogens is 2. The van der Waals surface area contributed by atoms with E-state index in [0.717, 1.165) is 9.79 Å². The molecule has 0 heterocycles. The van der Waals surface area contributed by atoms with Crippen molar-refractivity contribution in [2.24, 2.45) is 0 Å². The van der Waals surface area contributed by atoms with Gasteiger partial charge in [0.05, 0.1) is 10.0 Å². The second-order valence-electron chi connectivity index (χ2n) is 4.72. The Hall–Kier alpha value is -1.74. The molecule has 0 aliphatic heterocycles. The number of hydrogen-bond acceptors (Lipinski definition) is 6. The first-order chi connectivity index (χ1) is 12.3. The summed E-state index contributed by atoms with van der Waals surface area (Å²) in [6, 6.07) is 10.1. The van der Waals surface area contributed by atoms with Gasteiger partial charge in [0.2, 0.25) is 0 Å². The Morgan fingerprint density at radius 1 is 0.808 bits per heavy atom. The molecule has 0 saturated heterocycles. The zero-order valence-electron chi connectivity index (χ0n) is 13.0. The van der Waals surface area contributed by atoms with E-state index in [1.807, 2.05) is 0 Å². The molecule has 0 aromatic heterocycles. The summed E-state index contributed by atoms with van der Waals surface area (Å²) >= 11 is 12.1. The van der Waals surface area contributed by atoms with Crippen LogP contribution in [0.1, 0.15) is 0 Å². The minimum Gasteiger partial charge on any atom is -0.480 e. The zero-order chi connectivity index (χ0) is 19.1. The molecule has 0 aliphatic carbocycles. The maximum Gasteiger partial charge on any atom is 0.341 e. The van der Waals surface area contributed by atoms with Gasteiger partial charge < -0.3 is 19.7 Å². The van der Waals surface area contributed by atoms with Crippen molar-refractivity contribution in [2.75, 3.05) is 13.2 Å². The number of carboxylic acid groups (broad SMARTS) is 2. The highest BCUT2D eigenvalue weighted by molar-refractivity contribution is 8.76. The van der Waals surface area contributed by atoms with Crippen LogP contribution in [0.15, 0.2) is 46.2 Å². The van der Waals surface area contributed by atoms with Crippen molar-refractivity contribution >= 4 is 56.7 Å². The van der Waals surface area contributed by atoms with Crippen molar-refractivity contribution < 1.29 is 29.3 Å². The standard InChI is InChI=1S/C16H12Cl2O6S2/c17-11-5-9(1-3-13(11)23-7-15(19)20)25-26-10-2-4-14(12(18)6-10)24-8-16(21)22/h1-6H,7-8H2,(H,19,20)(H,21,22). The van der Waals surface area contributed by atoms with Gasteiger partial charge >= 0.3 is 11.9 Å². The lowest BCUT2D eigenvalue weighted by atomic mass is 10.3. The second-order valence-corrected chi connectivity index (χ2v) is 7.81. The maximum absolute atomic E-state index is 10.5. The number of aliphatic carboxylic acids is 2. The van der Waals surface area contributed by atoms with Crippen molar-refractivity contribution in [3.8, 4) is 11.5 Å². The first-order valence-electron chi connectivity index (χ1n) is 6.98. The molecule has 0 atom stereocenters. The van der Waals surface area contributed by atoms with Gasteiger partial charge in [-0.25, -0.2) is 9.59 Å². The van der Waals surface area contributed by atoms with Crippen LogP contribution < -0.4 is 9.47 Å². The SMILES string of the molecule is O=C(O)COc1ccc(SSc2ccc(OCC(=O)O)c(Cl)c2)cc1Cl. The lowest BCUT2D eigenvalue weighted by molar-refractivity contribution is -0.140. The third-order valence-corrected chi connectivity index (χ3v) is 5.71. The fourth-order valence-corrected chi connectivity index (χ4v) is 4.25. The van der Waals surface area contributed by atoms with Crippen LogP contribution in [0, 0.1) is 0 Å². The number of rotatable bonds is 9. The normalized spacial score (nSPS) is 10.4. The number of carboxylic acids is 2. The Labute approximate surface area is 166 Å². The van der Waals surface area contributed by atoms with Gasteiger partial charge in [-0.3, -0.25) is 0 Å². The Morgan fingerprint density at radius 3 is 1.50 bits per heavy atom. The van der Waals surface area contributed by atoms with Gasteiger partial charge in [0.25, 0.3) is 0 Å². The lowest BCUT2D eigenvalue weighted by Gasteiger charge is -2.09. The van der Waals surface area contributed by atoms with Crippen LogP contribution in [0.25, 0.3) is 0 Å². The van der Waals surface area contributed by atoms with E-state index in [1.165, 1.54) is 21.6 Å². The predicted molar refractivity (Wildman–Crippen MR) is 101 cm³/mol. The molecule has 0 spiro atoms. The largest absolute Gasteiger partial charge is 0.480 e. The minimum absolute atomic E-state index is 0.298. The molecular weight excluding hydrogens is 423 g/mol. The summed E-state index contributed by atoms with van der Waals surface area (Å²) in [6.45, 7) is -0.925. The first kappa shape index (κ1) is 20.6. The third-order valence-electron chi connectivity index (χ3n) is 2.74. The van der Waals surface area contributed by atoms with Crippen molar-refractivity contribution in [2.45, 2.75) is 9.79 Å². The van der Waals surface area contributed by atoms with Crippen molar-refractivity contribution in [1.82, 2.24) is 0 Å². The fraction of sp³-hybridized carbons (Fsp3) is 0.125. The van der Waals surface area contributed by atoms with E-state index in [4.69, 9.17) is 42.9 Å². The summed E-state index contributed by atoms with van der Waals surface area (Å²) in [5.74, 6) is -1.57. The molecular formula is C16H12Cl2O6S2. The van der Waals surface area contributed by atoms with Gasteiger partial charge in [0, 0.05) is 9.79 Å². The molecule has 2 rings (SSSR count). The molecule has 138 valence electrons. The average Bonchev–Trinajstić information content (AvgIpc) is 2.58. The van der Waals surface area contributed by atoms with Gasteiger partial charge in [-0.2, -0.15) is 0 Å². The van der Waals surface area contributed by atoms with Crippen molar-refractivity contribution in [3.63, 3.8) is 0 Å². The molecule has 0 bridgehead atoms. The fourth-order valence-electron chi connectivity index (χ4n) is 1.68. The van der Waals surface area contributed by atoms with Gasteiger partial charge in [-0.1, -0.05) is 44.8 Å². The predicted octanol–water partition coefficient (Wildman–Crippen LogP) is 4.72. The highest BCUT2D eigenvalue weighted by Crippen LogP contribution is 2.41. The minimum atomic E-state index is -1.08. The Kier molecular flexibility index (Phi) is 7.77. The Balaban J connectivity index is 1.96. The summed E-state index contributed by atoms with van der Waals surface area (Å²) in [5.41, 5.74) is 0. The van der Waals surface area contributed by atoms with Crippen molar-refractivity contribution in [3.05, 3.63) is 46.4 Å². The molecule has 2 aromatic carbocycles. The first-order valence-corrected chi connectivity index (χ1v) is 9.88. The van der Waals surface area contributed by atoms with E-state index in [0.29, 0.717) is 21.5 Å². The van der Waals surface area contributed by atoms with Crippen LogP contribution in [-0.2, 0) is 9.59 Å². The van der Waals surface area contributed by atoms with E-state index in [9.17, 15) is 9.59 Å². The molecule has 6 nitrogen and oxygen atoms in total. The van der Waals surface area contributed by atoms with Gasteiger partial charge in [0.15, 0.2) is 13.2 Å². The quantitative estimate of drug-likeness (QED) is 0.547. The van der Waals surface area contributed by atoms with E-state index in [2.05, 4.69) is 0 Å². The molecule has 0 unspecified atom stereocenters. The molecule has 10 heteroatoms. The summed E-state index contributed by atoms with van der Waals surface area (Å²) in [7, 11) is 2.84. The molecule has 2 aromatic rings. The van der Waals surface area contributed by atoms with Crippen molar-refractivity contribution in [1.29, 1.82) is 0 Å². The van der Waals surface area contributed by atoms with E-state index < -0.39 is 25.2 Å². The molecule has 0 fully saturated rings. The molecule has 0 aliphatic rings. The highest BCUT2D eigenvalue weighted by Gasteiger charge is 2.09. The van der Waals surface area contributed by atoms with E-state index in [1.54, 1.807) is 36.4 Å². The molecule has 26 heavy (non-hydrogen) atoms. The molecule has 0 amide bonds. The number of hydrogen-bond donors (Lipinski definition) is 2. The summed E-state index contributed by atoms with van der Waals surface area (Å²) in [4.78, 5) is 22.7. The number of ether oxygens (including phenoxy) is 2. The van der Waals surface area contributed by atoms with Crippen LogP contribution in [0.3, 0.4) is 0 Å². The summed E-state index contributed by atoms with van der Waals surface area (Å²) in [5, 5.41) is 17.8. The van der Waals surface area contributed by atoms with Gasteiger partial charge in [0.1, 0.15) is 11.5 Å². The van der Waals surface area contributed by atoms with E-state index in [-0.39, 0.29) is 0 Å². The van der Waals surface area contributed by atoms with Gasteiger partial charge in [-0.15, -0.1) is 0 Å². The van der Waals surface area contributed by atoms with Crippen LogP contribution in [0.5, 0.6) is 11.5 Å². The van der Waals surface area contributed by atoms with Gasteiger partial charge in [-0.05, 0) is 36.4 Å². The number of carbonyl (C=O) groups is 2. The second kappa shape index (κ2) is 9.82. The molecule has 0 saturated carbocycles. The summed E-state index contributed by atoms with van der Waals surface area (Å²) in [6.07, 6.45) is 0. The topological polar surface area (TPSA) is 93.1 Å². The van der Waals surface area contributed by atoms with Crippen LogP contribution in [-0.4, -0.2) is 35.4 Å². The van der Waals surface area contributed by atoms with Crippen LogP contribution >= 0.6 is 44.8 Å². The summed E-state index contributed by atoms with van der Waals surface area (Å²) < 4.78 is 10.1. The number of benzene rings is 2. The Bertz CT molecular complexity index is 748. The third kappa shape index (κ3) is 6.53. The lowest BCUT2D eigenvalue weighted by Crippen LogP contribution is -2.09. The maximum atomic E-state index is 10.5. The molecule has 0 radical (unpaired) electrons. The van der Waals surface area contributed by atoms with Crippen LogP contribution in [0.4, 0.5) is 0 Å². The highest BCUT2D eigenvalue weighted by atomic mass is 35.5. The zero-order valence-corrected chi connectivity index (χ0v) is 16.1. The Morgan fingerprint density at radius 2 is 1.19 bits per heavy atom. The van der Waals surface area contributed by atoms with Crippen LogP contribution in [0.2, 0.25) is 10.0 Å². The smallest absolute Gasteiger partial charge is 0.341 e. The average molecular weight is 435 g/mol. The van der Waals surface area contributed by atoms with E-state index >= 15 is 0 Å².